The maximum absolute atomic E-state index is 10.7. The van der Waals surface area contributed by atoms with E-state index in [-0.39, 0.29) is 5.56 Å². The second kappa shape index (κ2) is 5.86. The summed E-state index contributed by atoms with van der Waals surface area (Å²) in [6, 6.07) is 4.57. The Kier molecular flexibility index (Phi) is 4.76. The number of aliphatic hydroxyl groups is 1. The molecule has 0 aromatic heterocycles. The minimum absolute atomic E-state index is 0.176. The zero-order valence-electron chi connectivity index (χ0n) is 8.81. The Balaban J connectivity index is 2.70. The smallest absolute Gasteiger partial charge is 0.335 e. The topological polar surface area (TPSA) is 66.8 Å². The van der Waals surface area contributed by atoms with Crippen LogP contribution in [0.3, 0.4) is 0 Å². The van der Waals surface area contributed by atoms with Gasteiger partial charge in [0.15, 0.2) is 0 Å². The molecule has 1 atom stereocenters. The van der Waals surface area contributed by atoms with Crippen molar-refractivity contribution in [3.05, 3.63) is 28.2 Å². The van der Waals surface area contributed by atoms with Gasteiger partial charge in [-0.3, -0.25) is 0 Å². The Morgan fingerprint density at radius 3 is 2.81 bits per heavy atom. The van der Waals surface area contributed by atoms with Gasteiger partial charge in [-0.05, 0) is 41.1 Å². The second-order valence-electron chi connectivity index (χ2n) is 3.44. The van der Waals surface area contributed by atoms with Gasteiger partial charge in [-0.25, -0.2) is 4.79 Å². The van der Waals surface area contributed by atoms with Crippen molar-refractivity contribution in [3.8, 4) is 5.75 Å². The number of benzene rings is 1. The quantitative estimate of drug-likeness (QED) is 0.872. The fourth-order valence-corrected chi connectivity index (χ4v) is 1.45. The number of halogens is 1. The van der Waals surface area contributed by atoms with E-state index >= 15 is 0 Å². The van der Waals surface area contributed by atoms with Gasteiger partial charge in [-0.1, -0.05) is 0 Å². The molecule has 0 aliphatic carbocycles. The Morgan fingerprint density at radius 1 is 1.56 bits per heavy atom. The molecule has 0 spiro atoms. The van der Waals surface area contributed by atoms with Crippen molar-refractivity contribution in [2.24, 2.45) is 0 Å². The summed E-state index contributed by atoms with van der Waals surface area (Å²) in [6.45, 7) is 2.02. The minimum Gasteiger partial charge on any atom is -0.492 e. The third-order valence-electron chi connectivity index (χ3n) is 1.97. The first-order chi connectivity index (χ1) is 7.50. The molecular formula is C11H13BrO4. The van der Waals surface area contributed by atoms with E-state index in [1.165, 1.54) is 12.1 Å². The van der Waals surface area contributed by atoms with Crippen LogP contribution >= 0.6 is 15.9 Å². The molecule has 0 heterocycles. The molecule has 0 fully saturated rings. The molecule has 0 aliphatic heterocycles. The number of carboxylic acid groups (broad SMARTS) is 1. The van der Waals surface area contributed by atoms with E-state index < -0.39 is 12.1 Å². The summed E-state index contributed by atoms with van der Waals surface area (Å²) >= 11 is 3.27. The number of hydrogen-bond acceptors (Lipinski definition) is 3. The molecule has 0 aliphatic rings. The lowest BCUT2D eigenvalue weighted by Gasteiger charge is -2.09. The molecule has 0 saturated heterocycles. The summed E-state index contributed by atoms with van der Waals surface area (Å²) < 4.78 is 6.07. The molecule has 0 amide bonds. The largest absolute Gasteiger partial charge is 0.492 e. The van der Waals surface area contributed by atoms with Crippen LogP contribution in [0.5, 0.6) is 5.75 Å². The van der Waals surface area contributed by atoms with E-state index in [1.54, 1.807) is 13.0 Å². The Labute approximate surface area is 102 Å². The average molecular weight is 289 g/mol. The van der Waals surface area contributed by atoms with Gasteiger partial charge in [0.1, 0.15) is 5.75 Å². The molecule has 0 bridgehead atoms. The predicted molar refractivity (Wildman–Crippen MR) is 62.9 cm³/mol. The van der Waals surface area contributed by atoms with Crippen LogP contribution in [0.15, 0.2) is 22.7 Å². The van der Waals surface area contributed by atoms with Gasteiger partial charge in [0.2, 0.25) is 0 Å². The first kappa shape index (κ1) is 13.0. The third-order valence-corrected chi connectivity index (χ3v) is 2.63. The Morgan fingerprint density at radius 2 is 2.25 bits per heavy atom. The van der Waals surface area contributed by atoms with E-state index in [9.17, 15) is 4.79 Å². The summed E-state index contributed by atoms with van der Waals surface area (Å²) in [5.74, 6) is -0.520. The number of aliphatic hydroxyl groups excluding tert-OH is 1. The van der Waals surface area contributed by atoms with Crippen LogP contribution in [0.1, 0.15) is 23.7 Å². The molecule has 1 unspecified atom stereocenters. The summed E-state index contributed by atoms with van der Waals surface area (Å²) in [4.78, 5) is 10.7. The van der Waals surface area contributed by atoms with E-state index in [1.807, 2.05) is 0 Å². The van der Waals surface area contributed by atoms with Crippen LogP contribution in [-0.2, 0) is 0 Å². The van der Waals surface area contributed by atoms with Crippen LogP contribution in [-0.4, -0.2) is 28.9 Å². The highest BCUT2D eigenvalue weighted by atomic mass is 79.9. The molecule has 1 rings (SSSR count). The second-order valence-corrected chi connectivity index (χ2v) is 4.29. The highest BCUT2D eigenvalue weighted by Crippen LogP contribution is 2.26. The number of aromatic carboxylic acids is 1. The zero-order valence-corrected chi connectivity index (χ0v) is 10.4. The normalized spacial score (nSPS) is 12.2. The van der Waals surface area contributed by atoms with Gasteiger partial charge in [-0.15, -0.1) is 0 Å². The summed E-state index contributed by atoms with van der Waals surface area (Å²) in [7, 11) is 0. The number of carbonyl (C=O) groups is 1. The van der Waals surface area contributed by atoms with Crippen LogP contribution in [0.4, 0.5) is 0 Å². The van der Waals surface area contributed by atoms with Gasteiger partial charge in [0.05, 0.1) is 22.7 Å². The molecule has 2 N–H and O–H groups in total. The van der Waals surface area contributed by atoms with E-state index in [0.29, 0.717) is 23.2 Å². The molecule has 1 aromatic carbocycles. The molecule has 5 heteroatoms. The van der Waals surface area contributed by atoms with Crippen LogP contribution in [0.2, 0.25) is 0 Å². The van der Waals surface area contributed by atoms with E-state index in [4.69, 9.17) is 14.9 Å². The van der Waals surface area contributed by atoms with Gasteiger partial charge in [0, 0.05) is 6.42 Å². The molecule has 16 heavy (non-hydrogen) atoms. The van der Waals surface area contributed by atoms with Gasteiger partial charge in [-0.2, -0.15) is 0 Å². The standard InChI is InChI=1S/C11H13BrO4/c1-7(13)4-5-16-10-6-8(11(14)15)2-3-9(10)12/h2-3,6-7,13H,4-5H2,1H3,(H,14,15). The SMILES string of the molecule is CC(O)CCOc1cc(C(=O)O)ccc1Br. The Bertz CT molecular complexity index is 376. The van der Waals surface area contributed by atoms with Crippen molar-refractivity contribution in [1.29, 1.82) is 0 Å². The first-order valence-corrected chi connectivity index (χ1v) is 5.63. The molecule has 4 nitrogen and oxygen atoms in total. The van der Waals surface area contributed by atoms with Crippen molar-refractivity contribution < 1.29 is 19.7 Å². The zero-order chi connectivity index (χ0) is 12.1. The van der Waals surface area contributed by atoms with E-state index in [2.05, 4.69) is 15.9 Å². The van der Waals surface area contributed by atoms with Crippen LogP contribution < -0.4 is 4.74 Å². The molecule has 1 aromatic rings. The lowest BCUT2D eigenvalue weighted by atomic mass is 10.2. The minimum atomic E-state index is -0.993. The van der Waals surface area contributed by atoms with Crippen LogP contribution in [0, 0.1) is 0 Å². The molecule has 0 saturated carbocycles. The monoisotopic (exact) mass is 288 g/mol. The fraction of sp³-hybridized carbons (Fsp3) is 0.364. The van der Waals surface area contributed by atoms with Gasteiger partial charge >= 0.3 is 5.97 Å². The Hall–Kier alpha value is -1.07. The van der Waals surface area contributed by atoms with E-state index in [0.717, 1.165) is 0 Å². The third kappa shape index (κ3) is 3.83. The van der Waals surface area contributed by atoms with Crippen LogP contribution in [0.25, 0.3) is 0 Å². The van der Waals surface area contributed by atoms with Gasteiger partial charge < -0.3 is 14.9 Å². The lowest BCUT2D eigenvalue weighted by Crippen LogP contribution is -2.08. The maximum atomic E-state index is 10.7. The van der Waals surface area contributed by atoms with Crippen molar-refractivity contribution in [3.63, 3.8) is 0 Å². The summed E-state index contributed by atoms with van der Waals surface area (Å²) in [5.41, 5.74) is 0.176. The van der Waals surface area contributed by atoms with Crippen molar-refractivity contribution >= 4 is 21.9 Å². The number of ether oxygens (including phenoxy) is 1. The highest BCUT2D eigenvalue weighted by molar-refractivity contribution is 9.10. The van der Waals surface area contributed by atoms with Gasteiger partial charge in [0.25, 0.3) is 0 Å². The number of hydrogen-bond donors (Lipinski definition) is 2. The summed E-state index contributed by atoms with van der Waals surface area (Å²) in [5, 5.41) is 17.9. The van der Waals surface area contributed by atoms with Crippen molar-refractivity contribution in [1.82, 2.24) is 0 Å². The molecular weight excluding hydrogens is 276 g/mol. The predicted octanol–water partition coefficient (Wildman–Crippen LogP) is 2.30. The number of carboxylic acids is 1. The maximum Gasteiger partial charge on any atom is 0.335 e. The lowest BCUT2D eigenvalue weighted by molar-refractivity contribution is 0.0696. The molecule has 88 valence electrons. The highest BCUT2D eigenvalue weighted by Gasteiger charge is 2.08. The van der Waals surface area contributed by atoms with Crippen molar-refractivity contribution in [2.45, 2.75) is 19.4 Å². The van der Waals surface area contributed by atoms with Crippen molar-refractivity contribution in [2.75, 3.05) is 6.61 Å². The average Bonchev–Trinajstić information content (AvgIpc) is 2.20. The fourth-order valence-electron chi connectivity index (χ4n) is 1.09. The molecule has 0 radical (unpaired) electrons. The number of rotatable bonds is 5. The summed E-state index contributed by atoms with van der Waals surface area (Å²) in [6.07, 6.45) is 0.0745. The first-order valence-electron chi connectivity index (χ1n) is 4.84.